The van der Waals surface area contributed by atoms with Gasteiger partial charge in [-0.05, 0) is 67.6 Å². The van der Waals surface area contributed by atoms with Crippen LogP contribution in [0.4, 0.5) is 0 Å². The van der Waals surface area contributed by atoms with Crippen molar-refractivity contribution >= 4 is 5.97 Å². The number of hydrogen-bond acceptors (Lipinski definition) is 2. The van der Waals surface area contributed by atoms with Crippen molar-refractivity contribution in [3.63, 3.8) is 0 Å². The molecule has 0 amide bonds. The average Bonchev–Trinajstić information content (AvgIpc) is 2.76. The van der Waals surface area contributed by atoms with Gasteiger partial charge in [0.05, 0.1) is 0 Å². The van der Waals surface area contributed by atoms with Crippen LogP contribution in [-0.4, -0.2) is 5.97 Å². The predicted octanol–water partition coefficient (Wildman–Crippen LogP) is 9.28. The van der Waals surface area contributed by atoms with Crippen LogP contribution in [0.25, 0.3) is 0 Å². The van der Waals surface area contributed by atoms with Crippen LogP contribution in [-0.2, 0) is 10.2 Å². The third-order valence-corrected chi connectivity index (χ3v) is 5.46. The summed E-state index contributed by atoms with van der Waals surface area (Å²) in [7, 11) is 0. The van der Waals surface area contributed by atoms with Gasteiger partial charge in [-0.1, -0.05) is 108 Å². The van der Waals surface area contributed by atoms with Crippen molar-refractivity contribution in [2.24, 2.45) is 5.92 Å². The Balaban J connectivity index is 2.15. The molecular formula is C31H46O2. The summed E-state index contributed by atoms with van der Waals surface area (Å²) in [6.45, 7) is 10.8. The molecule has 0 aliphatic heterocycles. The van der Waals surface area contributed by atoms with Crippen LogP contribution in [0.5, 0.6) is 5.75 Å². The first-order valence-electron chi connectivity index (χ1n) is 12.7. The molecule has 0 saturated carbocycles. The largest absolute Gasteiger partial charge is 0.427 e. The Morgan fingerprint density at radius 1 is 0.848 bits per heavy atom. The van der Waals surface area contributed by atoms with Gasteiger partial charge in [0.25, 0.3) is 0 Å². The van der Waals surface area contributed by atoms with E-state index in [1.54, 1.807) is 0 Å². The second-order valence-corrected chi connectivity index (χ2v) is 9.88. The number of ether oxygens (including phenoxy) is 1. The minimum absolute atomic E-state index is 0.0973. The first-order valence-corrected chi connectivity index (χ1v) is 12.7. The van der Waals surface area contributed by atoms with Gasteiger partial charge in [-0.2, -0.15) is 0 Å². The first-order chi connectivity index (χ1) is 15.8. The number of carbonyl (C=O) groups is 1. The fourth-order valence-corrected chi connectivity index (χ4v) is 3.34. The summed E-state index contributed by atoms with van der Waals surface area (Å²) in [6.07, 6.45) is 27.2. The molecule has 0 radical (unpaired) electrons. The fraction of sp³-hybridized carbons (Fsp3) is 0.516. The molecule has 0 aromatic heterocycles. The number of esters is 1. The quantitative estimate of drug-likeness (QED) is 0.115. The van der Waals surface area contributed by atoms with Gasteiger partial charge in [-0.3, -0.25) is 4.79 Å². The molecule has 182 valence electrons. The minimum atomic E-state index is -0.165. The number of allylic oxidation sites excluding steroid dienone is 8. The van der Waals surface area contributed by atoms with Crippen molar-refractivity contribution in [3.8, 4) is 5.75 Å². The molecule has 0 saturated heterocycles. The van der Waals surface area contributed by atoms with E-state index in [-0.39, 0.29) is 17.3 Å². The molecule has 1 unspecified atom stereocenters. The summed E-state index contributed by atoms with van der Waals surface area (Å²) in [5, 5.41) is 0. The van der Waals surface area contributed by atoms with Gasteiger partial charge in [-0.15, -0.1) is 0 Å². The van der Waals surface area contributed by atoms with E-state index >= 15 is 0 Å². The number of hydrogen-bond donors (Lipinski definition) is 0. The van der Waals surface area contributed by atoms with Gasteiger partial charge in [0.2, 0.25) is 0 Å². The molecule has 2 heteroatoms. The average molecular weight is 451 g/mol. The number of rotatable bonds is 15. The van der Waals surface area contributed by atoms with E-state index in [0.717, 1.165) is 25.7 Å². The summed E-state index contributed by atoms with van der Waals surface area (Å²) in [5.41, 5.74) is 1.33. The monoisotopic (exact) mass is 450 g/mol. The number of benzene rings is 1. The van der Waals surface area contributed by atoms with Crippen molar-refractivity contribution in [3.05, 3.63) is 78.4 Å². The predicted molar refractivity (Wildman–Crippen MR) is 144 cm³/mol. The Hall–Kier alpha value is -2.35. The minimum Gasteiger partial charge on any atom is -0.427 e. The smallest absolute Gasteiger partial charge is 0.311 e. The van der Waals surface area contributed by atoms with E-state index in [1.165, 1.54) is 31.2 Å². The van der Waals surface area contributed by atoms with Gasteiger partial charge in [-0.25, -0.2) is 0 Å². The highest BCUT2D eigenvalue weighted by Gasteiger charge is 2.14. The molecule has 0 spiro atoms. The second kappa shape index (κ2) is 17.2. The van der Waals surface area contributed by atoms with Crippen LogP contribution >= 0.6 is 0 Å². The molecule has 1 aromatic rings. The SMILES string of the molecule is CCCCC/C=C\C/C=C\C/C=C\C/C=C\CC(C)CC(=O)Oc1ccc(C(C)(C)C)cc1. The lowest BCUT2D eigenvalue weighted by Crippen LogP contribution is -2.13. The summed E-state index contributed by atoms with van der Waals surface area (Å²) in [4.78, 5) is 12.2. The third kappa shape index (κ3) is 15.2. The van der Waals surface area contributed by atoms with E-state index in [0.29, 0.717) is 12.2 Å². The third-order valence-electron chi connectivity index (χ3n) is 5.46. The summed E-state index contributed by atoms with van der Waals surface area (Å²) in [6, 6.07) is 7.83. The van der Waals surface area contributed by atoms with Crippen molar-refractivity contribution < 1.29 is 9.53 Å². The van der Waals surface area contributed by atoms with Gasteiger partial charge in [0.15, 0.2) is 0 Å². The number of unbranched alkanes of at least 4 members (excludes halogenated alkanes) is 3. The highest BCUT2D eigenvalue weighted by Crippen LogP contribution is 2.24. The van der Waals surface area contributed by atoms with Gasteiger partial charge < -0.3 is 4.74 Å². The Bertz CT molecular complexity index is 757. The van der Waals surface area contributed by atoms with Crippen molar-refractivity contribution in [1.29, 1.82) is 0 Å². The summed E-state index contributed by atoms with van der Waals surface area (Å²) in [5.74, 6) is 0.726. The molecule has 0 aliphatic carbocycles. The molecule has 0 aliphatic rings. The van der Waals surface area contributed by atoms with Crippen LogP contribution in [0.1, 0.15) is 98.0 Å². The highest BCUT2D eigenvalue weighted by atomic mass is 16.5. The standard InChI is InChI=1S/C31H46O2/c1-6-7-8-9-10-11-12-13-14-15-16-17-18-19-20-21-27(2)26-30(32)33-29-24-22-28(23-25-29)31(3,4)5/h10-11,13-14,16-17,19-20,22-25,27H,6-9,12,15,18,21,26H2,1-5H3/b11-10-,14-13-,17-16-,20-19-. The Kier molecular flexibility index (Phi) is 14.9. The first kappa shape index (κ1) is 28.7. The van der Waals surface area contributed by atoms with Gasteiger partial charge in [0, 0.05) is 6.42 Å². The molecule has 1 rings (SSSR count). The molecule has 33 heavy (non-hydrogen) atoms. The lowest BCUT2D eigenvalue weighted by Gasteiger charge is -2.19. The van der Waals surface area contributed by atoms with Crippen LogP contribution in [0.15, 0.2) is 72.9 Å². The van der Waals surface area contributed by atoms with Gasteiger partial charge >= 0.3 is 5.97 Å². The van der Waals surface area contributed by atoms with E-state index in [9.17, 15) is 4.79 Å². The van der Waals surface area contributed by atoms with Crippen LogP contribution in [0, 0.1) is 5.92 Å². The lowest BCUT2D eigenvalue weighted by atomic mass is 9.87. The van der Waals surface area contributed by atoms with Crippen LogP contribution in [0.3, 0.4) is 0 Å². The molecule has 1 atom stereocenters. The zero-order chi connectivity index (χ0) is 24.4. The highest BCUT2D eigenvalue weighted by molar-refractivity contribution is 5.72. The zero-order valence-corrected chi connectivity index (χ0v) is 21.7. The maximum absolute atomic E-state index is 12.2. The number of carbonyl (C=O) groups excluding carboxylic acids is 1. The Morgan fingerprint density at radius 3 is 1.94 bits per heavy atom. The molecule has 0 N–H and O–H groups in total. The fourth-order valence-electron chi connectivity index (χ4n) is 3.34. The van der Waals surface area contributed by atoms with Crippen molar-refractivity contribution in [2.45, 2.75) is 97.8 Å². The lowest BCUT2D eigenvalue weighted by molar-refractivity contribution is -0.135. The van der Waals surface area contributed by atoms with Gasteiger partial charge in [0.1, 0.15) is 5.75 Å². The molecule has 0 fully saturated rings. The zero-order valence-electron chi connectivity index (χ0n) is 21.7. The van der Waals surface area contributed by atoms with Crippen LogP contribution < -0.4 is 4.74 Å². The Morgan fingerprint density at radius 2 is 1.39 bits per heavy atom. The second-order valence-electron chi connectivity index (χ2n) is 9.88. The molecular weight excluding hydrogens is 404 g/mol. The van der Waals surface area contributed by atoms with Crippen LogP contribution in [0.2, 0.25) is 0 Å². The van der Waals surface area contributed by atoms with Crippen molar-refractivity contribution in [2.75, 3.05) is 0 Å². The normalized spacial score (nSPS) is 13.6. The van der Waals surface area contributed by atoms with E-state index in [2.05, 4.69) is 83.2 Å². The van der Waals surface area contributed by atoms with E-state index in [4.69, 9.17) is 4.74 Å². The molecule has 2 nitrogen and oxygen atoms in total. The summed E-state index contributed by atoms with van der Waals surface area (Å²) >= 11 is 0. The molecule has 0 heterocycles. The maximum Gasteiger partial charge on any atom is 0.311 e. The molecule has 0 bridgehead atoms. The Labute approximate surface area is 203 Å². The maximum atomic E-state index is 12.2. The summed E-state index contributed by atoms with van der Waals surface area (Å²) < 4.78 is 5.50. The van der Waals surface area contributed by atoms with E-state index < -0.39 is 0 Å². The molecule has 1 aromatic carbocycles. The topological polar surface area (TPSA) is 26.3 Å². The van der Waals surface area contributed by atoms with E-state index in [1.807, 2.05) is 24.3 Å². The van der Waals surface area contributed by atoms with Crippen molar-refractivity contribution in [1.82, 2.24) is 0 Å².